The highest BCUT2D eigenvalue weighted by atomic mass is 32.2. The second-order valence-electron chi connectivity index (χ2n) is 9.72. The zero-order valence-electron chi connectivity index (χ0n) is 19.2. The van der Waals surface area contributed by atoms with Crippen LogP contribution in [0.15, 0.2) is 71.8 Å². The fraction of sp³-hybridized carbons (Fsp3) is 0.296. The zero-order chi connectivity index (χ0) is 24.4. The third kappa shape index (κ3) is 3.46. The molecule has 1 amide bonds. The molecule has 0 N–H and O–H groups in total. The van der Waals surface area contributed by atoms with Gasteiger partial charge >= 0.3 is 5.97 Å². The number of carbonyl (C=O) groups is 2. The third-order valence-electron chi connectivity index (χ3n) is 7.50. The minimum Gasteiger partial charge on any atom is -0.449 e. The van der Waals surface area contributed by atoms with Gasteiger partial charge in [-0.15, -0.1) is 0 Å². The van der Waals surface area contributed by atoms with Gasteiger partial charge in [0.25, 0.3) is 0 Å². The molecule has 7 nitrogen and oxygen atoms in total. The Labute approximate surface area is 203 Å². The molecule has 2 aromatic carbocycles. The van der Waals surface area contributed by atoms with Crippen LogP contribution in [-0.4, -0.2) is 49.5 Å². The van der Waals surface area contributed by atoms with Gasteiger partial charge in [-0.1, -0.05) is 36.4 Å². The van der Waals surface area contributed by atoms with E-state index in [-0.39, 0.29) is 16.8 Å². The SMILES string of the molecule is CS(=O)(=O)c1ccc(-c2ccc(C3(C(=O)N4CC[C@@]5(C4)OC(=O)c4ccccc45)CC3)cn2)cc1. The maximum atomic E-state index is 13.7. The number of benzene rings is 2. The van der Waals surface area contributed by atoms with Crippen LogP contribution < -0.4 is 0 Å². The maximum absolute atomic E-state index is 13.7. The lowest BCUT2D eigenvalue weighted by Crippen LogP contribution is -2.40. The number of aromatic nitrogens is 1. The molecule has 3 heterocycles. The summed E-state index contributed by atoms with van der Waals surface area (Å²) in [6, 6.07) is 17.9. The molecule has 35 heavy (non-hydrogen) atoms. The van der Waals surface area contributed by atoms with Crippen molar-refractivity contribution in [3.8, 4) is 11.3 Å². The van der Waals surface area contributed by atoms with Crippen molar-refractivity contribution in [2.24, 2.45) is 0 Å². The van der Waals surface area contributed by atoms with Crippen LogP contribution in [0.5, 0.6) is 0 Å². The van der Waals surface area contributed by atoms with Crippen LogP contribution in [0.4, 0.5) is 0 Å². The van der Waals surface area contributed by atoms with E-state index in [0.717, 1.165) is 29.5 Å². The monoisotopic (exact) mass is 488 g/mol. The van der Waals surface area contributed by atoms with Crippen molar-refractivity contribution in [2.45, 2.75) is 35.2 Å². The van der Waals surface area contributed by atoms with E-state index in [1.165, 1.54) is 6.26 Å². The summed E-state index contributed by atoms with van der Waals surface area (Å²) < 4.78 is 29.2. The largest absolute Gasteiger partial charge is 0.449 e. The Morgan fingerprint density at radius 1 is 1.00 bits per heavy atom. The van der Waals surface area contributed by atoms with Crippen molar-refractivity contribution in [2.75, 3.05) is 19.3 Å². The molecule has 0 radical (unpaired) electrons. The van der Waals surface area contributed by atoms with Gasteiger partial charge in [-0.25, -0.2) is 13.2 Å². The van der Waals surface area contributed by atoms with E-state index < -0.39 is 20.9 Å². The minimum absolute atomic E-state index is 0.0573. The molecule has 3 aromatic rings. The van der Waals surface area contributed by atoms with Crippen molar-refractivity contribution in [3.63, 3.8) is 0 Å². The number of amides is 1. The lowest BCUT2D eigenvalue weighted by molar-refractivity contribution is -0.134. The molecule has 1 aromatic heterocycles. The molecule has 1 saturated heterocycles. The van der Waals surface area contributed by atoms with E-state index in [1.54, 1.807) is 36.5 Å². The number of carbonyl (C=O) groups excluding carboxylic acids is 2. The van der Waals surface area contributed by atoms with Gasteiger partial charge in [0.15, 0.2) is 15.4 Å². The fourth-order valence-electron chi connectivity index (χ4n) is 5.38. The van der Waals surface area contributed by atoms with Crippen LogP contribution in [0.25, 0.3) is 11.3 Å². The van der Waals surface area contributed by atoms with E-state index in [9.17, 15) is 18.0 Å². The molecule has 3 aliphatic rings. The van der Waals surface area contributed by atoms with Crippen LogP contribution in [0, 0.1) is 0 Å². The number of hydrogen-bond acceptors (Lipinski definition) is 6. The molecule has 1 aliphatic carbocycles. The Morgan fingerprint density at radius 2 is 1.74 bits per heavy atom. The summed E-state index contributed by atoms with van der Waals surface area (Å²) >= 11 is 0. The first-order valence-electron chi connectivity index (χ1n) is 11.6. The van der Waals surface area contributed by atoms with Crippen molar-refractivity contribution in [3.05, 3.63) is 83.6 Å². The summed E-state index contributed by atoms with van der Waals surface area (Å²) in [7, 11) is -3.26. The fourth-order valence-corrected chi connectivity index (χ4v) is 6.01. The van der Waals surface area contributed by atoms with Crippen molar-refractivity contribution >= 4 is 21.7 Å². The van der Waals surface area contributed by atoms with Gasteiger partial charge in [-0.2, -0.15) is 0 Å². The number of pyridine rings is 1. The molecular formula is C27H24N2O5S. The van der Waals surface area contributed by atoms with Gasteiger partial charge < -0.3 is 9.64 Å². The van der Waals surface area contributed by atoms with Crippen LogP contribution in [0.1, 0.15) is 40.7 Å². The summed E-state index contributed by atoms with van der Waals surface area (Å²) in [5.74, 6) is -0.262. The standard InChI is InChI=1S/C27H24N2O5S/c1-35(32,33)20-9-6-18(7-10-20)23-11-8-19(16-28-23)26(12-13-26)25(31)29-15-14-27(17-29)22-5-3-2-4-21(22)24(30)34-27/h2-11,16H,12-15,17H2,1H3/t27-/m0/s1. The molecule has 8 heteroatoms. The second-order valence-corrected chi connectivity index (χ2v) is 11.7. The number of nitrogens with zero attached hydrogens (tertiary/aromatic N) is 2. The Balaban J connectivity index is 1.22. The molecule has 1 atom stereocenters. The summed E-state index contributed by atoms with van der Waals surface area (Å²) in [6.45, 7) is 0.912. The molecule has 1 saturated carbocycles. The minimum atomic E-state index is -3.26. The number of sulfone groups is 1. The van der Waals surface area contributed by atoms with E-state index in [0.29, 0.717) is 30.8 Å². The highest BCUT2D eigenvalue weighted by Gasteiger charge is 2.57. The average Bonchev–Trinajstić information content (AvgIpc) is 3.49. The topological polar surface area (TPSA) is 93.6 Å². The van der Waals surface area contributed by atoms with Gasteiger partial charge in [0.05, 0.1) is 28.1 Å². The van der Waals surface area contributed by atoms with Gasteiger partial charge in [0.1, 0.15) is 0 Å². The normalized spacial score (nSPS) is 22.2. The van der Waals surface area contributed by atoms with E-state index in [2.05, 4.69) is 4.98 Å². The van der Waals surface area contributed by atoms with Crippen molar-refractivity contribution in [1.82, 2.24) is 9.88 Å². The number of ether oxygens (including phenoxy) is 1. The van der Waals surface area contributed by atoms with Gasteiger partial charge in [-0.05, 0) is 42.7 Å². The Morgan fingerprint density at radius 3 is 2.40 bits per heavy atom. The second kappa shape index (κ2) is 7.49. The lowest BCUT2D eigenvalue weighted by atomic mass is 9.91. The molecular weight excluding hydrogens is 464 g/mol. The summed E-state index contributed by atoms with van der Waals surface area (Å²) in [5.41, 5.74) is 2.53. The number of esters is 1. The average molecular weight is 489 g/mol. The first kappa shape index (κ1) is 22.0. The predicted octanol–water partition coefficient (Wildman–Crippen LogP) is 3.48. The Bertz CT molecular complexity index is 1460. The Hall–Kier alpha value is -3.52. The van der Waals surface area contributed by atoms with Crippen LogP contribution in [0.2, 0.25) is 0 Å². The van der Waals surface area contributed by atoms with Gasteiger partial charge in [0, 0.05) is 36.5 Å². The first-order chi connectivity index (χ1) is 16.7. The summed E-state index contributed by atoms with van der Waals surface area (Å²) in [4.78, 5) is 32.7. The lowest BCUT2D eigenvalue weighted by Gasteiger charge is -2.26. The molecule has 2 fully saturated rings. The first-order valence-corrected chi connectivity index (χ1v) is 13.5. The van der Waals surface area contributed by atoms with E-state index in [1.807, 2.05) is 35.2 Å². The highest BCUT2D eigenvalue weighted by Crippen LogP contribution is 2.52. The molecule has 178 valence electrons. The summed E-state index contributed by atoms with van der Waals surface area (Å²) in [6.07, 6.45) is 5.05. The summed E-state index contributed by atoms with van der Waals surface area (Å²) in [5, 5.41) is 0. The molecule has 1 spiro atoms. The third-order valence-corrected chi connectivity index (χ3v) is 8.63. The zero-order valence-corrected chi connectivity index (χ0v) is 20.0. The van der Waals surface area contributed by atoms with E-state index >= 15 is 0 Å². The van der Waals surface area contributed by atoms with Crippen LogP contribution in [-0.2, 0) is 30.4 Å². The smallest absolute Gasteiger partial charge is 0.339 e. The number of hydrogen-bond donors (Lipinski definition) is 0. The number of rotatable bonds is 4. The molecule has 2 aliphatic heterocycles. The van der Waals surface area contributed by atoms with E-state index in [4.69, 9.17) is 4.74 Å². The van der Waals surface area contributed by atoms with Gasteiger partial charge in [-0.3, -0.25) is 9.78 Å². The maximum Gasteiger partial charge on any atom is 0.339 e. The molecule has 6 rings (SSSR count). The van der Waals surface area contributed by atoms with Crippen LogP contribution >= 0.6 is 0 Å². The van der Waals surface area contributed by atoms with Crippen LogP contribution in [0.3, 0.4) is 0 Å². The van der Waals surface area contributed by atoms with Crippen molar-refractivity contribution < 1.29 is 22.7 Å². The van der Waals surface area contributed by atoms with Gasteiger partial charge in [0.2, 0.25) is 5.91 Å². The highest BCUT2D eigenvalue weighted by molar-refractivity contribution is 7.90. The molecule has 0 unspecified atom stereocenters. The quantitative estimate of drug-likeness (QED) is 0.522. The number of fused-ring (bicyclic) bond motifs is 2. The van der Waals surface area contributed by atoms with Crippen molar-refractivity contribution in [1.29, 1.82) is 0 Å². The Kier molecular flexibility index (Phi) is 4.70. The number of likely N-dealkylation sites (tertiary alicyclic amines) is 1. The predicted molar refractivity (Wildman–Crippen MR) is 128 cm³/mol. The molecule has 0 bridgehead atoms.